The second-order valence-corrected chi connectivity index (χ2v) is 8.77. The maximum Gasteiger partial charge on any atom is 0.175 e. The number of hydrogen-bond donors (Lipinski definition) is 2. The van der Waals surface area contributed by atoms with Crippen molar-refractivity contribution < 1.29 is 5.11 Å². The summed E-state index contributed by atoms with van der Waals surface area (Å²) in [6, 6.07) is 15.6. The van der Waals surface area contributed by atoms with E-state index in [2.05, 4.69) is 38.3 Å². The summed E-state index contributed by atoms with van der Waals surface area (Å²) in [5, 5.41) is 14.1. The van der Waals surface area contributed by atoms with E-state index in [9.17, 15) is 5.11 Å². The van der Waals surface area contributed by atoms with Crippen molar-refractivity contribution in [2.24, 2.45) is 10.4 Å². The van der Waals surface area contributed by atoms with Crippen LogP contribution in [0.4, 0.5) is 0 Å². The number of nitrogens with zero attached hydrogens (tertiary/aromatic N) is 2. The van der Waals surface area contributed by atoms with Gasteiger partial charge < -0.3 is 15.3 Å². The standard InChI is InChI=1S/C20H18BrN3OS/c21-15-3-1-2-14(10-15)20(13-4-6-16(25)7-5-13)17-22-11-19(8-9-19)12-24(17)18(26)23-20/h1-7,10,25H,8-9,11-12H2,(H,23,26). The van der Waals surface area contributed by atoms with Gasteiger partial charge in [-0.25, -0.2) is 0 Å². The fraction of sp³-hybridized carbons (Fsp3) is 0.300. The van der Waals surface area contributed by atoms with Gasteiger partial charge in [0.2, 0.25) is 0 Å². The maximum absolute atomic E-state index is 9.77. The SMILES string of the molecule is Oc1ccc(C2(c3cccc(Br)c3)NC(=S)N3CC4(CC4)CN=C32)cc1. The van der Waals surface area contributed by atoms with Crippen molar-refractivity contribution in [2.75, 3.05) is 13.1 Å². The third kappa shape index (κ3) is 2.32. The summed E-state index contributed by atoms with van der Waals surface area (Å²) in [4.78, 5) is 7.21. The third-order valence-electron chi connectivity index (χ3n) is 5.70. The molecule has 1 aliphatic carbocycles. The third-order valence-corrected chi connectivity index (χ3v) is 6.52. The molecule has 2 N–H and O–H groups in total. The first kappa shape index (κ1) is 16.3. The molecule has 2 fully saturated rings. The van der Waals surface area contributed by atoms with Crippen LogP contribution in [0.5, 0.6) is 5.75 Å². The molecule has 1 saturated heterocycles. The van der Waals surface area contributed by atoms with Gasteiger partial charge >= 0.3 is 0 Å². The monoisotopic (exact) mass is 427 g/mol. The smallest absolute Gasteiger partial charge is 0.175 e. The van der Waals surface area contributed by atoms with E-state index in [1.807, 2.05) is 24.3 Å². The van der Waals surface area contributed by atoms with Gasteiger partial charge in [-0.15, -0.1) is 0 Å². The van der Waals surface area contributed by atoms with Crippen molar-refractivity contribution in [3.05, 3.63) is 64.1 Å². The van der Waals surface area contributed by atoms with Crippen molar-refractivity contribution >= 4 is 39.1 Å². The van der Waals surface area contributed by atoms with Gasteiger partial charge in [-0.2, -0.15) is 0 Å². The predicted molar refractivity (Wildman–Crippen MR) is 109 cm³/mol. The molecule has 0 bridgehead atoms. The largest absolute Gasteiger partial charge is 0.508 e. The highest BCUT2D eigenvalue weighted by atomic mass is 79.9. The first-order valence-electron chi connectivity index (χ1n) is 8.73. The van der Waals surface area contributed by atoms with E-state index in [0.717, 1.165) is 39.6 Å². The van der Waals surface area contributed by atoms with Gasteiger partial charge in [0.1, 0.15) is 17.1 Å². The summed E-state index contributed by atoms with van der Waals surface area (Å²) in [7, 11) is 0. The molecule has 1 saturated carbocycles. The number of halogens is 1. The van der Waals surface area contributed by atoms with Crippen LogP contribution in [0.1, 0.15) is 24.0 Å². The van der Waals surface area contributed by atoms with E-state index in [1.165, 1.54) is 12.8 Å². The lowest BCUT2D eigenvalue weighted by atomic mass is 9.81. The van der Waals surface area contributed by atoms with Crippen molar-refractivity contribution in [3.8, 4) is 5.75 Å². The number of rotatable bonds is 2. The van der Waals surface area contributed by atoms with Crippen LogP contribution < -0.4 is 5.32 Å². The predicted octanol–water partition coefficient (Wildman–Crippen LogP) is 3.78. The number of aliphatic imine (C=N–C) groups is 1. The van der Waals surface area contributed by atoms with Gasteiger partial charge in [0, 0.05) is 23.0 Å². The van der Waals surface area contributed by atoms with Crippen LogP contribution in [0.2, 0.25) is 0 Å². The zero-order valence-electron chi connectivity index (χ0n) is 14.1. The molecule has 0 aromatic heterocycles. The summed E-state index contributed by atoms with van der Waals surface area (Å²) in [6.07, 6.45) is 2.46. The van der Waals surface area contributed by atoms with E-state index >= 15 is 0 Å². The molecule has 2 aliphatic heterocycles. The first-order chi connectivity index (χ1) is 12.5. The molecule has 26 heavy (non-hydrogen) atoms. The second kappa shape index (κ2) is 5.54. The van der Waals surface area contributed by atoms with E-state index in [4.69, 9.17) is 17.2 Å². The second-order valence-electron chi connectivity index (χ2n) is 7.46. The molecule has 6 heteroatoms. The Hall–Kier alpha value is -1.92. The Labute approximate surface area is 166 Å². The Morgan fingerprint density at radius 2 is 1.88 bits per heavy atom. The minimum absolute atomic E-state index is 0.248. The van der Waals surface area contributed by atoms with E-state index in [1.54, 1.807) is 12.1 Å². The lowest BCUT2D eigenvalue weighted by molar-refractivity contribution is 0.393. The van der Waals surface area contributed by atoms with Crippen molar-refractivity contribution in [1.29, 1.82) is 0 Å². The summed E-state index contributed by atoms with van der Waals surface area (Å²) >= 11 is 9.32. The van der Waals surface area contributed by atoms with Crippen LogP contribution in [-0.4, -0.2) is 34.0 Å². The summed E-state index contributed by atoms with van der Waals surface area (Å²) in [5.41, 5.74) is 1.78. The molecule has 3 aliphatic rings. The van der Waals surface area contributed by atoms with Crippen LogP contribution in [0.15, 0.2) is 58.0 Å². The summed E-state index contributed by atoms with van der Waals surface area (Å²) < 4.78 is 1.01. The number of hydrogen-bond acceptors (Lipinski definition) is 3. The molecule has 0 amide bonds. The fourth-order valence-corrected chi connectivity index (χ4v) is 4.76. The first-order valence-corrected chi connectivity index (χ1v) is 9.93. The number of phenolic OH excluding ortho intramolecular Hbond substituents is 1. The molecule has 2 aromatic carbocycles. The Morgan fingerprint density at radius 1 is 1.12 bits per heavy atom. The van der Waals surface area contributed by atoms with Crippen LogP contribution in [0, 0.1) is 5.41 Å². The van der Waals surface area contributed by atoms with Gasteiger partial charge in [-0.1, -0.05) is 40.2 Å². The van der Waals surface area contributed by atoms with Gasteiger partial charge in [-0.3, -0.25) is 4.99 Å². The quantitative estimate of drug-likeness (QED) is 0.715. The Balaban J connectivity index is 1.74. The highest BCUT2D eigenvalue weighted by Crippen LogP contribution is 2.51. The topological polar surface area (TPSA) is 47.9 Å². The summed E-state index contributed by atoms with van der Waals surface area (Å²) in [5.74, 6) is 1.21. The van der Waals surface area contributed by atoms with Crippen LogP contribution >= 0.6 is 28.1 Å². The molecule has 132 valence electrons. The average Bonchev–Trinajstić information content (AvgIpc) is 3.32. The van der Waals surface area contributed by atoms with Gasteiger partial charge in [0.15, 0.2) is 5.11 Å². The fourth-order valence-electron chi connectivity index (χ4n) is 4.06. The molecular weight excluding hydrogens is 410 g/mol. The Morgan fingerprint density at radius 3 is 2.58 bits per heavy atom. The molecule has 1 atom stereocenters. The summed E-state index contributed by atoms with van der Waals surface area (Å²) in [6.45, 7) is 1.79. The molecular formula is C20H18BrN3OS. The number of thiocarbonyl (C=S) groups is 1. The minimum atomic E-state index is -0.634. The highest BCUT2D eigenvalue weighted by molar-refractivity contribution is 9.10. The van der Waals surface area contributed by atoms with Gasteiger partial charge in [-0.05, 0) is 60.5 Å². The zero-order valence-corrected chi connectivity index (χ0v) is 16.5. The average molecular weight is 428 g/mol. The van der Waals surface area contributed by atoms with Gasteiger partial charge in [0.25, 0.3) is 0 Å². The molecule has 1 spiro atoms. The van der Waals surface area contributed by atoms with Crippen LogP contribution in [0.3, 0.4) is 0 Å². The lowest BCUT2D eigenvalue weighted by Crippen LogP contribution is -2.47. The van der Waals surface area contributed by atoms with E-state index in [-0.39, 0.29) is 5.75 Å². The van der Waals surface area contributed by atoms with E-state index in [0.29, 0.717) is 5.41 Å². The molecule has 5 rings (SSSR count). The lowest BCUT2D eigenvalue weighted by Gasteiger charge is -2.35. The molecule has 4 nitrogen and oxygen atoms in total. The van der Waals surface area contributed by atoms with Crippen molar-refractivity contribution in [1.82, 2.24) is 10.2 Å². The number of phenols is 1. The number of nitrogens with one attached hydrogen (secondary N) is 1. The Bertz CT molecular complexity index is 938. The van der Waals surface area contributed by atoms with E-state index < -0.39 is 5.54 Å². The van der Waals surface area contributed by atoms with Crippen molar-refractivity contribution in [2.45, 2.75) is 18.4 Å². The van der Waals surface area contributed by atoms with Gasteiger partial charge in [0.05, 0.1) is 0 Å². The normalized spacial score (nSPS) is 25.7. The molecule has 1 unspecified atom stereocenters. The number of benzene rings is 2. The number of amidine groups is 1. The zero-order chi connectivity index (χ0) is 17.9. The number of fused-ring (bicyclic) bond motifs is 1. The molecule has 0 radical (unpaired) electrons. The molecule has 2 aromatic rings. The Kier molecular flexibility index (Phi) is 3.46. The highest BCUT2D eigenvalue weighted by Gasteiger charge is 2.56. The molecule has 2 heterocycles. The number of aromatic hydroxyl groups is 1. The minimum Gasteiger partial charge on any atom is -0.508 e. The van der Waals surface area contributed by atoms with Crippen molar-refractivity contribution in [3.63, 3.8) is 0 Å². The maximum atomic E-state index is 9.77. The van der Waals surface area contributed by atoms with Crippen LogP contribution in [0.25, 0.3) is 0 Å². The van der Waals surface area contributed by atoms with Crippen LogP contribution in [-0.2, 0) is 5.54 Å².